The molecular weight excluding hydrogens is 320 g/mol. The highest BCUT2D eigenvalue weighted by Gasteiger charge is 2.27. The molecule has 0 saturated heterocycles. The summed E-state index contributed by atoms with van der Waals surface area (Å²) in [4.78, 5) is 24.1. The van der Waals surface area contributed by atoms with E-state index in [1.54, 1.807) is 45.0 Å². The molecule has 0 radical (unpaired) electrons. The van der Waals surface area contributed by atoms with Crippen molar-refractivity contribution >= 4 is 29.4 Å². The van der Waals surface area contributed by atoms with Gasteiger partial charge in [-0.2, -0.15) is 0 Å². The van der Waals surface area contributed by atoms with Crippen molar-refractivity contribution in [3.8, 4) is 11.3 Å². The van der Waals surface area contributed by atoms with Crippen molar-refractivity contribution in [1.82, 2.24) is 5.16 Å². The molecule has 0 atom stereocenters. The molecule has 1 aromatic carbocycles. The van der Waals surface area contributed by atoms with E-state index in [1.165, 1.54) is 0 Å². The second-order valence-electron chi connectivity index (χ2n) is 5.11. The van der Waals surface area contributed by atoms with Gasteiger partial charge in [0.05, 0.1) is 6.61 Å². The molecule has 2 rings (SSSR count). The Kier molecular flexibility index (Phi) is 5.39. The fourth-order valence-electron chi connectivity index (χ4n) is 1.83. The fraction of sp³-hybridized carbons (Fsp3) is 0.312. The van der Waals surface area contributed by atoms with Crippen molar-refractivity contribution < 1.29 is 18.8 Å². The number of esters is 1. The molecule has 0 aliphatic carbocycles. The highest BCUT2D eigenvalue weighted by Crippen LogP contribution is 2.30. The number of anilines is 1. The van der Waals surface area contributed by atoms with Crippen molar-refractivity contribution in [2.75, 3.05) is 11.9 Å². The van der Waals surface area contributed by atoms with Crippen LogP contribution in [0.25, 0.3) is 11.3 Å². The van der Waals surface area contributed by atoms with Crippen LogP contribution in [0.15, 0.2) is 28.8 Å². The van der Waals surface area contributed by atoms with E-state index in [-0.39, 0.29) is 29.9 Å². The molecule has 1 aromatic heterocycles. The number of carbonyl (C=O) groups excluding carboxylic acids is 2. The van der Waals surface area contributed by atoms with E-state index in [4.69, 9.17) is 20.9 Å². The normalized spacial score (nSPS) is 10.7. The second kappa shape index (κ2) is 7.28. The lowest BCUT2D eigenvalue weighted by Gasteiger charge is -2.07. The minimum Gasteiger partial charge on any atom is -0.462 e. The van der Waals surface area contributed by atoms with E-state index in [9.17, 15) is 9.59 Å². The predicted molar refractivity (Wildman–Crippen MR) is 86.4 cm³/mol. The zero-order valence-electron chi connectivity index (χ0n) is 13.1. The lowest BCUT2D eigenvalue weighted by atomic mass is 10.1. The molecule has 0 bridgehead atoms. The van der Waals surface area contributed by atoms with Crippen molar-refractivity contribution in [2.24, 2.45) is 5.92 Å². The molecule has 0 fully saturated rings. The first-order chi connectivity index (χ1) is 10.9. The Hall–Kier alpha value is -2.34. The Labute approximate surface area is 138 Å². The molecule has 0 spiro atoms. The number of carbonyl (C=O) groups is 2. The molecule has 0 aliphatic heterocycles. The molecule has 1 heterocycles. The Morgan fingerprint density at radius 2 is 1.96 bits per heavy atom. The first-order valence-electron chi connectivity index (χ1n) is 7.17. The minimum absolute atomic E-state index is 0.0212. The number of aromatic nitrogens is 1. The van der Waals surface area contributed by atoms with Gasteiger partial charge in [-0.1, -0.05) is 42.7 Å². The lowest BCUT2D eigenvalue weighted by Crippen LogP contribution is -2.19. The first kappa shape index (κ1) is 17.0. The van der Waals surface area contributed by atoms with Gasteiger partial charge < -0.3 is 9.26 Å². The van der Waals surface area contributed by atoms with E-state index in [0.717, 1.165) is 0 Å². The maximum atomic E-state index is 12.2. The Morgan fingerprint density at radius 3 is 2.52 bits per heavy atom. The molecule has 0 unspecified atom stereocenters. The zero-order valence-corrected chi connectivity index (χ0v) is 13.8. The third-order valence-electron chi connectivity index (χ3n) is 3.05. The molecule has 6 nitrogen and oxygen atoms in total. The lowest BCUT2D eigenvalue weighted by molar-refractivity contribution is -0.119. The van der Waals surface area contributed by atoms with E-state index < -0.39 is 5.97 Å². The van der Waals surface area contributed by atoms with Gasteiger partial charge in [-0.3, -0.25) is 10.1 Å². The van der Waals surface area contributed by atoms with Gasteiger partial charge >= 0.3 is 5.97 Å². The minimum atomic E-state index is -0.613. The third kappa shape index (κ3) is 3.90. The fourth-order valence-corrected chi connectivity index (χ4v) is 1.96. The van der Waals surface area contributed by atoms with E-state index in [1.807, 2.05) is 0 Å². The maximum Gasteiger partial charge on any atom is 0.346 e. The van der Waals surface area contributed by atoms with Crippen LogP contribution in [0.3, 0.4) is 0 Å². The predicted octanol–water partition coefficient (Wildman–Crippen LogP) is 3.77. The summed E-state index contributed by atoms with van der Waals surface area (Å²) >= 11 is 5.87. The standard InChI is InChI=1S/C16H17ClN2O4/c1-4-22-16(21)12-13(10-5-7-11(17)8-6-10)19-23-15(12)18-14(20)9(2)3/h5-9H,4H2,1-3H3,(H,18,20). The van der Waals surface area contributed by atoms with Gasteiger partial charge in [0.2, 0.25) is 11.8 Å². The summed E-state index contributed by atoms with van der Waals surface area (Å²) in [6.45, 7) is 5.35. The van der Waals surface area contributed by atoms with Gasteiger partial charge in [-0.25, -0.2) is 4.79 Å². The van der Waals surface area contributed by atoms with Crippen LogP contribution in [0, 0.1) is 5.92 Å². The van der Waals surface area contributed by atoms with Crippen LogP contribution in [0.4, 0.5) is 5.88 Å². The average molecular weight is 337 g/mol. The quantitative estimate of drug-likeness (QED) is 0.840. The molecule has 7 heteroatoms. The molecule has 23 heavy (non-hydrogen) atoms. The highest BCUT2D eigenvalue weighted by atomic mass is 35.5. The van der Waals surface area contributed by atoms with Crippen LogP contribution < -0.4 is 5.32 Å². The molecule has 0 saturated carbocycles. The smallest absolute Gasteiger partial charge is 0.346 e. The molecule has 1 amide bonds. The average Bonchev–Trinajstić information content (AvgIpc) is 2.91. The molecular formula is C16H17ClN2O4. The van der Waals surface area contributed by atoms with Crippen LogP contribution in [0.1, 0.15) is 31.1 Å². The van der Waals surface area contributed by atoms with Gasteiger partial charge in [0, 0.05) is 16.5 Å². The third-order valence-corrected chi connectivity index (χ3v) is 3.30. The summed E-state index contributed by atoms with van der Waals surface area (Å²) in [5, 5.41) is 7.01. The Balaban J connectivity index is 2.46. The molecule has 1 N–H and O–H groups in total. The topological polar surface area (TPSA) is 81.4 Å². The SMILES string of the molecule is CCOC(=O)c1c(-c2ccc(Cl)cc2)noc1NC(=O)C(C)C. The number of hydrogen-bond donors (Lipinski definition) is 1. The first-order valence-corrected chi connectivity index (χ1v) is 7.55. The van der Waals surface area contributed by atoms with Crippen molar-refractivity contribution in [3.05, 3.63) is 34.9 Å². The Morgan fingerprint density at radius 1 is 1.30 bits per heavy atom. The van der Waals surface area contributed by atoms with Crippen LogP contribution >= 0.6 is 11.6 Å². The number of rotatable bonds is 5. The van der Waals surface area contributed by atoms with Crippen molar-refractivity contribution in [2.45, 2.75) is 20.8 Å². The number of halogens is 1. The number of ether oxygens (including phenoxy) is 1. The van der Waals surface area contributed by atoms with Crippen LogP contribution in [0.5, 0.6) is 0 Å². The Bertz CT molecular complexity index is 707. The summed E-state index contributed by atoms with van der Waals surface area (Å²) in [5.74, 6) is -1.19. The summed E-state index contributed by atoms with van der Waals surface area (Å²) in [7, 11) is 0. The maximum absolute atomic E-state index is 12.2. The second-order valence-corrected chi connectivity index (χ2v) is 5.54. The van der Waals surface area contributed by atoms with Crippen LogP contribution in [-0.4, -0.2) is 23.6 Å². The number of benzene rings is 1. The van der Waals surface area contributed by atoms with Gasteiger partial charge in [0.15, 0.2) is 5.56 Å². The van der Waals surface area contributed by atoms with Crippen molar-refractivity contribution in [1.29, 1.82) is 0 Å². The van der Waals surface area contributed by atoms with Gasteiger partial charge in [-0.05, 0) is 19.1 Å². The summed E-state index contributed by atoms with van der Waals surface area (Å²) in [6.07, 6.45) is 0. The number of amides is 1. The number of nitrogens with one attached hydrogen (secondary N) is 1. The van der Waals surface area contributed by atoms with E-state index in [2.05, 4.69) is 10.5 Å². The molecule has 122 valence electrons. The summed E-state index contributed by atoms with van der Waals surface area (Å²) < 4.78 is 10.2. The highest BCUT2D eigenvalue weighted by molar-refractivity contribution is 6.30. The monoisotopic (exact) mass is 336 g/mol. The van der Waals surface area contributed by atoms with Crippen molar-refractivity contribution in [3.63, 3.8) is 0 Å². The molecule has 2 aromatic rings. The van der Waals surface area contributed by atoms with Gasteiger partial charge in [0.1, 0.15) is 5.69 Å². The number of nitrogens with zero attached hydrogens (tertiary/aromatic N) is 1. The van der Waals surface area contributed by atoms with E-state index in [0.29, 0.717) is 16.3 Å². The van der Waals surface area contributed by atoms with Gasteiger partial charge in [-0.15, -0.1) is 0 Å². The van der Waals surface area contributed by atoms with E-state index >= 15 is 0 Å². The van der Waals surface area contributed by atoms with Gasteiger partial charge in [0.25, 0.3) is 0 Å². The van der Waals surface area contributed by atoms with Crippen LogP contribution in [-0.2, 0) is 9.53 Å². The molecule has 0 aliphatic rings. The summed E-state index contributed by atoms with van der Waals surface area (Å²) in [5.41, 5.74) is 1.01. The van der Waals surface area contributed by atoms with Crippen LogP contribution in [0.2, 0.25) is 5.02 Å². The summed E-state index contributed by atoms with van der Waals surface area (Å²) in [6, 6.07) is 6.76. The largest absolute Gasteiger partial charge is 0.462 e. The zero-order chi connectivity index (χ0) is 17.0. The number of hydrogen-bond acceptors (Lipinski definition) is 5.